The summed E-state index contributed by atoms with van der Waals surface area (Å²) < 4.78 is 61.8. The van der Waals surface area contributed by atoms with Crippen LogP contribution in [0.5, 0.6) is 0 Å². The minimum Gasteiger partial charge on any atom is -0.394 e. The van der Waals surface area contributed by atoms with Crippen LogP contribution in [0, 0.1) is 0 Å². The highest BCUT2D eigenvalue weighted by Gasteiger charge is 2.58. The molecule has 0 fully saturated rings. The number of aliphatic hydroxyl groups excluding tert-OH is 1. The van der Waals surface area contributed by atoms with E-state index < -0.39 is 30.3 Å². The monoisotopic (exact) mass is 255 g/mol. The third-order valence-electron chi connectivity index (χ3n) is 2.25. The molecular weight excluding hydrogens is 245 g/mol. The SMILES string of the molecule is N[C@H](CO)c1ccc(C(F)(F)C(F)(F)F)cc1. The van der Waals surface area contributed by atoms with E-state index in [4.69, 9.17) is 10.8 Å². The molecule has 17 heavy (non-hydrogen) atoms. The van der Waals surface area contributed by atoms with Crippen molar-refractivity contribution in [2.24, 2.45) is 5.73 Å². The van der Waals surface area contributed by atoms with Crippen LogP contribution in [0.25, 0.3) is 0 Å². The van der Waals surface area contributed by atoms with Gasteiger partial charge < -0.3 is 10.8 Å². The van der Waals surface area contributed by atoms with Crippen molar-refractivity contribution < 1.29 is 27.1 Å². The second-order valence-corrected chi connectivity index (χ2v) is 3.48. The van der Waals surface area contributed by atoms with Gasteiger partial charge in [0.05, 0.1) is 12.6 Å². The lowest BCUT2D eigenvalue weighted by molar-refractivity contribution is -0.289. The van der Waals surface area contributed by atoms with E-state index in [0.29, 0.717) is 12.1 Å². The molecule has 2 nitrogen and oxygen atoms in total. The highest BCUT2D eigenvalue weighted by atomic mass is 19.4. The molecule has 1 atom stereocenters. The van der Waals surface area contributed by atoms with Crippen molar-refractivity contribution in [1.29, 1.82) is 0 Å². The lowest BCUT2D eigenvalue weighted by Crippen LogP contribution is -2.33. The van der Waals surface area contributed by atoms with Crippen LogP contribution in [0.15, 0.2) is 24.3 Å². The molecule has 0 aliphatic rings. The normalized spacial score (nSPS) is 14.8. The van der Waals surface area contributed by atoms with Gasteiger partial charge in [-0.05, 0) is 5.56 Å². The Hall–Kier alpha value is -1.21. The summed E-state index contributed by atoms with van der Waals surface area (Å²) in [5.41, 5.74) is 4.51. The Morgan fingerprint density at radius 2 is 1.53 bits per heavy atom. The number of rotatable bonds is 3. The summed E-state index contributed by atoms with van der Waals surface area (Å²) in [7, 11) is 0. The van der Waals surface area contributed by atoms with Crippen LogP contribution >= 0.6 is 0 Å². The van der Waals surface area contributed by atoms with E-state index in [1.54, 1.807) is 0 Å². The Balaban J connectivity index is 3.03. The van der Waals surface area contributed by atoms with Crippen LogP contribution in [-0.4, -0.2) is 17.9 Å². The van der Waals surface area contributed by atoms with Gasteiger partial charge in [0.25, 0.3) is 0 Å². The summed E-state index contributed by atoms with van der Waals surface area (Å²) in [6, 6.07) is 2.58. The van der Waals surface area contributed by atoms with Crippen molar-refractivity contribution in [1.82, 2.24) is 0 Å². The van der Waals surface area contributed by atoms with Crippen molar-refractivity contribution >= 4 is 0 Å². The lowest BCUT2D eigenvalue weighted by atomic mass is 10.0. The summed E-state index contributed by atoms with van der Waals surface area (Å²) in [6.07, 6.45) is -5.63. The van der Waals surface area contributed by atoms with Crippen molar-refractivity contribution in [2.45, 2.75) is 18.1 Å². The van der Waals surface area contributed by atoms with Gasteiger partial charge in [0.2, 0.25) is 0 Å². The Morgan fingerprint density at radius 3 is 1.88 bits per heavy atom. The first kappa shape index (κ1) is 13.9. The number of hydrogen-bond acceptors (Lipinski definition) is 2. The summed E-state index contributed by atoms with van der Waals surface area (Å²) >= 11 is 0. The number of nitrogens with two attached hydrogens (primary N) is 1. The van der Waals surface area contributed by atoms with Crippen LogP contribution in [0.4, 0.5) is 22.0 Å². The van der Waals surface area contributed by atoms with Crippen LogP contribution in [0.2, 0.25) is 0 Å². The zero-order valence-corrected chi connectivity index (χ0v) is 8.51. The third-order valence-corrected chi connectivity index (χ3v) is 2.25. The fraction of sp³-hybridized carbons (Fsp3) is 0.400. The van der Waals surface area contributed by atoms with Gasteiger partial charge in [-0.2, -0.15) is 22.0 Å². The molecule has 0 aliphatic heterocycles. The van der Waals surface area contributed by atoms with E-state index in [0.717, 1.165) is 12.1 Å². The fourth-order valence-electron chi connectivity index (χ4n) is 1.21. The molecule has 7 heteroatoms. The molecule has 1 aromatic rings. The molecule has 0 aliphatic carbocycles. The van der Waals surface area contributed by atoms with Gasteiger partial charge in [-0.1, -0.05) is 24.3 Å². The first-order valence-electron chi connectivity index (χ1n) is 4.61. The van der Waals surface area contributed by atoms with E-state index in [1.165, 1.54) is 0 Å². The number of hydrogen-bond donors (Lipinski definition) is 2. The summed E-state index contributed by atoms with van der Waals surface area (Å²) in [4.78, 5) is 0. The summed E-state index contributed by atoms with van der Waals surface area (Å²) in [5, 5.41) is 8.69. The summed E-state index contributed by atoms with van der Waals surface area (Å²) in [5.74, 6) is -4.89. The molecule has 0 saturated carbocycles. The van der Waals surface area contributed by atoms with Gasteiger partial charge in [-0.3, -0.25) is 0 Å². The molecule has 0 radical (unpaired) electrons. The van der Waals surface area contributed by atoms with E-state index in [1.807, 2.05) is 0 Å². The maximum atomic E-state index is 12.9. The van der Waals surface area contributed by atoms with Gasteiger partial charge in [0.1, 0.15) is 0 Å². The van der Waals surface area contributed by atoms with E-state index in [-0.39, 0.29) is 5.56 Å². The number of benzene rings is 1. The molecule has 0 bridgehead atoms. The Kier molecular flexibility index (Phi) is 3.73. The first-order chi connectivity index (χ1) is 7.70. The average molecular weight is 255 g/mol. The van der Waals surface area contributed by atoms with Crippen LogP contribution < -0.4 is 5.73 Å². The second kappa shape index (κ2) is 4.58. The molecule has 0 heterocycles. The maximum absolute atomic E-state index is 12.9. The lowest BCUT2D eigenvalue weighted by Gasteiger charge is -2.20. The van der Waals surface area contributed by atoms with Gasteiger partial charge in [-0.25, -0.2) is 0 Å². The van der Waals surface area contributed by atoms with Crippen molar-refractivity contribution in [3.05, 3.63) is 35.4 Å². The zero-order chi connectivity index (χ0) is 13.3. The molecule has 1 aromatic carbocycles. The van der Waals surface area contributed by atoms with E-state index >= 15 is 0 Å². The Bertz CT molecular complexity index is 373. The molecule has 3 N–H and O–H groups in total. The Labute approximate surface area is 93.9 Å². The topological polar surface area (TPSA) is 46.2 Å². The van der Waals surface area contributed by atoms with Crippen molar-refractivity contribution in [3.63, 3.8) is 0 Å². The molecule has 0 amide bonds. The quantitative estimate of drug-likeness (QED) is 0.814. The fourth-order valence-corrected chi connectivity index (χ4v) is 1.21. The zero-order valence-electron chi connectivity index (χ0n) is 8.51. The molecule has 0 spiro atoms. The van der Waals surface area contributed by atoms with E-state index in [2.05, 4.69) is 0 Å². The van der Waals surface area contributed by atoms with Gasteiger partial charge >= 0.3 is 12.1 Å². The molecule has 0 aromatic heterocycles. The molecule has 0 unspecified atom stereocenters. The highest BCUT2D eigenvalue weighted by Crippen LogP contribution is 2.43. The largest absolute Gasteiger partial charge is 0.458 e. The predicted molar refractivity (Wildman–Crippen MR) is 50.4 cm³/mol. The van der Waals surface area contributed by atoms with Gasteiger partial charge in [0.15, 0.2) is 0 Å². The maximum Gasteiger partial charge on any atom is 0.458 e. The molecule has 0 saturated heterocycles. The van der Waals surface area contributed by atoms with Crippen LogP contribution in [0.3, 0.4) is 0 Å². The number of alkyl halides is 5. The summed E-state index contributed by atoms with van der Waals surface area (Å²) in [6.45, 7) is -0.422. The minimum atomic E-state index is -5.63. The Morgan fingerprint density at radius 1 is 1.06 bits per heavy atom. The molecule has 1 rings (SSSR count). The smallest absolute Gasteiger partial charge is 0.394 e. The minimum absolute atomic E-state index is 0.286. The van der Waals surface area contributed by atoms with Crippen LogP contribution in [0.1, 0.15) is 17.2 Å². The van der Waals surface area contributed by atoms with Gasteiger partial charge in [0, 0.05) is 5.56 Å². The van der Waals surface area contributed by atoms with E-state index in [9.17, 15) is 22.0 Å². The average Bonchev–Trinajstić information content (AvgIpc) is 2.26. The molecule has 96 valence electrons. The third kappa shape index (κ3) is 2.73. The van der Waals surface area contributed by atoms with Crippen LogP contribution in [-0.2, 0) is 5.92 Å². The standard InChI is InChI=1S/C10H10F5NO/c11-9(12,10(13,14)15)7-3-1-6(2-4-7)8(16)5-17/h1-4,8,17H,5,16H2/t8-/m1/s1. The predicted octanol–water partition coefficient (Wildman–Crippen LogP) is 2.33. The number of aliphatic hydroxyl groups is 1. The first-order valence-corrected chi connectivity index (χ1v) is 4.61. The molecular formula is C10H10F5NO. The van der Waals surface area contributed by atoms with Crippen molar-refractivity contribution in [3.8, 4) is 0 Å². The highest BCUT2D eigenvalue weighted by molar-refractivity contribution is 5.28. The van der Waals surface area contributed by atoms with Gasteiger partial charge in [-0.15, -0.1) is 0 Å². The van der Waals surface area contributed by atoms with Crippen molar-refractivity contribution in [2.75, 3.05) is 6.61 Å². The second-order valence-electron chi connectivity index (χ2n) is 3.48. The number of halogens is 5.